The molecule has 2 heterocycles. The molecule has 0 aliphatic rings. The molecule has 2 aromatic heterocycles. The Bertz CT molecular complexity index is 1230. The van der Waals surface area contributed by atoms with Gasteiger partial charge in [-0.3, -0.25) is 4.79 Å². The van der Waals surface area contributed by atoms with Crippen molar-refractivity contribution < 1.29 is 23.4 Å². The highest BCUT2D eigenvalue weighted by atomic mass is 32.1. The average Bonchev–Trinajstić information content (AvgIpc) is 3.51. The first-order valence-corrected chi connectivity index (χ1v) is 11.3. The summed E-state index contributed by atoms with van der Waals surface area (Å²) in [6, 6.07) is 13.6. The molecule has 0 N–H and O–H groups in total. The molecule has 0 spiro atoms. The van der Waals surface area contributed by atoms with Crippen LogP contribution in [0.5, 0.6) is 11.5 Å². The molecule has 0 aliphatic carbocycles. The largest absolute Gasteiger partial charge is 0.493 e. The van der Waals surface area contributed by atoms with Crippen molar-refractivity contribution in [1.29, 1.82) is 0 Å². The topological polar surface area (TPSA) is 83.7 Å². The third kappa shape index (κ3) is 5.59. The van der Waals surface area contributed by atoms with Gasteiger partial charge in [0.05, 0.1) is 32.5 Å². The number of ether oxygens (including phenoxy) is 3. The standard InChI is InChI=1S/C25H24N2O5S/c1-16-4-6-17(7-5-16)22-13-26-23(32-22)10-11-24(28)31-14-19-15-33-25(27-19)18-8-9-20(29-2)21(12-18)30-3/h4-9,12-13,15H,10-11,14H2,1-3H3. The van der Waals surface area contributed by atoms with Crippen molar-refractivity contribution >= 4 is 17.3 Å². The lowest BCUT2D eigenvalue weighted by atomic mass is 10.1. The van der Waals surface area contributed by atoms with Gasteiger partial charge in [0.25, 0.3) is 0 Å². The molecular formula is C25H24N2O5S. The highest BCUT2D eigenvalue weighted by Crippen LogP contribution is 2.33. The lowest BCUT2D eigenvalue weighted by Gasteiger charge is -2.08. The number of esters is 1. The number of rotatable bonds is 9. The number of oxazole rings is 1. The second kappa shape index (κ2) is 10.3. The fraction of sp³-hybridized carbons (Fsp3) is 0.240. The Morgan fingerprint density at radius 2 is 1.79 bits per heavy atom. The number of thiazole rings is 1. The molecule has 8 heteroatoms. The zero-order valence-corrected chi connectivity index (χ0v) is 19.5. The summed E-state index contributed by atoms with van der Waals surface area (Å²) >= 11 is 1.47. The number of benzene rings is 2. The molecule has 0 aliphatic heterocycles. The monoisotopic (exact) mass is 464 g/mol. The number of methoxy groups -OCH3 is 2. The molecule has 0 saturated carbocycles. The van der Waals surface area contributed by atoms with E-state index in [2.05, 4.69) is 9.97 Å². The predicted octanol–water partition coefficient (Wildman–Crippen LogP) is 5.47. The first-order chi connectivity index (χ1) is 16.1. The Labute approximate surface area is 196 Å². The van der Waals surface area contributed by atoms with Crippen LogP contribution in [0, 0.1) is 6.92 Å². The molecule has 0 fully saturated rings. The van der Waals surface area contributed by atoms with Gasteiger partial charge in [-0.25, -0.2) is 9.97 Å². The fourth-order valence-corrected chi connectivity index (χ4v) is 3.99. The van der Waals surface area contributed by atoms with E-state index in [9.17, 15) is 4.79 Å². The zero-order chi connectivity index (χ0) is 23.2. The van der Waals surface area contributed by atoms with Crippen LogP contribution in [-0.2, 0) is 22.6 Å². The molecular weight excluding hydrogens is 440 g/mol. The van der Waals surface area contributed by atoms with E-state index in [1.54, 1.807) is 20.4 Å². The maximum Gasteiger partial charge on any atom is 0.306 e. The van der Waals surface area contributed by atoms with Crippen LogP contribution in [0.25, 0.3) is 21.9 Å². The molecule has 0 amide bonds. The summed E-state index contributed by atoms with van der Waals surface area (Å²) in [6.45, 7) is 2.15. The van der Waals surface area contributed by atoms with E-state index >= 15 is 0 Å². The summed E-state index contributed by atoms with van der Waals surface area (Å²) in [7, 11) is 3.19. The number of aromatic nitrogens is 2. The summed E-state index contributed by atoms with van der Waals surface area (Å²) in [5.74, 6) is 2.15. The van der Waals surface area contributed by atoms with Crippen molar-refractivity contribution in [3.63, 3.8) is 0 Å². The number of aryl methyl sites for hydroxylation is 2. The van der Waals surface area contributed by atoms with Crippen molar-refractivity contribution in [3.8, 4) is 33.4 Å². The van der Waals surface area contributed by atoms with Crippen LogP contribution in [0.15, 0.2) is 58.5 Å². The Kier molecular flexibility index (Phi) is 7.04. The number of hydrogen-bond donors (Lipinski definition) is 0. The van der Waals surface area contributed by atoms with Crippen molar-refractivity contribution in [1.82, 2.24) is 9.97 Å². The highest BCUT2D eigenvalue weighted by Gasteiger charge is 2.13. The van der Waals surface area contributed by atoms with E-state index in [-0.39, 0.29) is 19.0 Å². The smallest absolute Gasteiger partial charge is 0.306 e. The molecule has 0 saturated heterocycles. The second-order valence-corrected chi connectivity index (χ2v) is 8.22. The van der Waals surface area contributed by atoms with Crippen LogP contribution in [0.1, 0.15) is 23.6 Å². The lowest BCUT2D eigenvalue weighted by Crippen LogP contribution is -2.06. The van der Waals surface area contributed by atoms with Crippen LogP contribution >= 0.6 is 11.3 Å². The molecule has 4 rings (SSSR count). The van der Waals surface area contributed by atoms with Crippen LogP contribution in [0.2, 0.25) is 0 Å². The van der Waals surface area contributed by atoms with Gasteiger partial charge < -0.3 is 18.6 Å². The SMILES string of the molecule is COc1ccc(-c2nc(COC(=O)CCc3ncc(-c4ccc(C)cc4)o3)cs2)cc1OC. The minimum atomic E-state index is -0.328. The Balaban J connectivity index is 1.29. The molecule has 2 aromatic carbocycles. The number of hydrogen-bond acceptors (Lipinski definition) is 8. The van der Waals surface area contributed by atoms with Gasteiger partial charge in [-0.15, -0.1) is 11.3 Å². The lowest BCUT2D eigenvalue weighted by molar-refractivity contribution is -0.145. The third-order valence-electron chi connectivity index (χ3n) is 5.00. The first kappa shape index (κ1) is 22.5. The van der Waals surface area contributed by atoms with Gasteiger partial charge in [-0.1, -0.05) is 29.8 Å². The van der Waals surface area contributed by atoms with Gasteiger partial charge in [0.1, 0.15) is 11.6 Å². The van der Waals surface area contributed by atoms with Gasteiger partial charge >= 0.3 is 5.97 Å². The summed E-state index contributed by atoms with van der Waals surface area (Å²) in [4.78, 5) is 21.0. The molecule has 7 nitrogen and oxygen atoms in total. The molecule has 4 aromatic rings. The summed E-state index contributed by atoms with van der Waals surface area (Å²) < 4.78 is 21.8. The molecule has 0 radical (unpaired) electrons. The van der Waals surface area contributed by atoms with Gasteiger partial charge in [0.15, 0.2) is 23.1 Å². The first-order valence-electron chi connectivity index (χ1n) is 10.4. The predicted molar refractivity (Wildman–Crippen MR) is 125 cm³/mol. The van der Waals surface area contributed by atoms with Gasteiger partial charge in [-0.2, -0.15) is 0 Å². The Morgan fingerprint density at radius 1 is 1.03 bits per heavy atom. The van der Waals surface area contributed by atoms with E-state index < -0.39 is 0 Å². The maximum atomic E-state index is 12.2. The normalized spacial score (nSPS) is 10.8. The minimum Gasteiger partial charge on any atom is -0.493 e. The molecule has 0 bridgehead atoms. The Hall–Kier alpha value is -3.65. The number of nitrogens with zero attached hydrogens (tertiary/aromatic N) is 2. The van der Waals surface area contributed by atoms with Crippen molar-refractivity contribution in [2.24, 2.45) is 0 Å². The molecule has 170 valence electrons. The fourth-order valence-electron chi connectivity index (χ4n) is 3.19. The molecule has 33 heavy (non-hydrogen) atoms. The van der Waals surface area contributed by atoms with E-state index in [1.165, 1.54) is 16.9 Å². The van der Waals surface area contributed by atoms with Crippen LogP contribution < -0.4 is 9.47 Å². The van der Waals surface area contributed by atoms with Crippen LogP contribution in [-0.4, -0.2) is 30.2 Å². The third-order valence-corrected chi connectivity index (χ3v) is 5.94. The van der Waals surface area contributed by atoms with E-state index in [0.717, 1.165) is 16.1 Å². The number of carbonyl (C=O) groups is 1. The average molecular weight is 465 g/mol. The van der Waals surface area contributed by atoms with Crippen molar-refractivity contribution in [2.75, 3.05) is 14.2 Å². The second-order valence-electron chi connectivity index (χ2n) is 7.36. The quantitative estimate of drug-likeness (QED) is 0.304. The van der Waals surface area contributed by atoms with E-state index in [4.69, 9.17) is 18.6 Å². The Morgan fingerprint density at radius 3 is 2.55 bits per heavy atom. The van der Waals surface area contributed by atoms with Gasteiger partial charge in [0, 0.05) is 22.9 Å². The highest BCUT2D eigenvalue weighted by molar-refractivity contribution is 7.13. The van der Waals surface area contributed by atoms with Crippen LogP contribution in [0.4, 0.5) is 0 Å². The summed E-state index contributed by atoms with van der Waals surface area (Å²) in [5.41, 5.74) is 3.73. The van der Waals surface area contributed by atoms with E-state index in [1.807, 2.05) is 54.8 Å². The molecule has 0 unspecified atom stereocenters. The van der Waals surface area contributed by atoms with Gasteiger partial charge in [0.2, 0.25) is 0 Å². The molecule has 0 atom stereocenters. The number of carbonyl (C=O) groups excluding carboxylic acids is 1. The van der Waals surface area contributed by atoms with Crippen molar-refractivity contribution in [3.05, 3.63) is 71.2 Å². The summed E-state index contributed by atoms with van der Waals surface area (Å²) in [6.07, 6.45) is 2.23. The minimum absolute atomic E-state index is 0.114. The van der Waals surface area contributed by atoms with E-state index in [0.29, 0.717) is 35.3 Å². The zero-order valence-electron chi connectivity index (χ0n) is 18.7. The van der Waals surface area contributed by atoms with Crippen LogP contribution in [0.3, 0.4) is 0 Å². The summed E-state index contributed by atoms with van der Waals surface area (Å²) in [5, 5.41) is 2.69. The van der Waals surface area contributed by atoms with Gasteiger partial charge in [-0.05, 0) is 25.1 Å². The van der Waals surface area contributed by atoms with Crippen molar-refractivity contribution in [2.45, 2.75) is 26.4 Å². The maximum absolute atomic E-state index is 12.2.